The van der Waals surface area contributed by atoms with Gasteiger partial charge in [-0.15, -0.1) is 0 Å². The van der Waals surface area contributed by atoms with E-state index in [0.717, 1.165) is 85.3 Å². The molecule has 0 aliphatic rings. The van der Waals surface area contributed by atoms with E-state index in [1.165, 1.54) is 49.2 Å². The van der Waals surface area contributed by atoms with Crippen LogP contribution in [0.25, 0.3) is 110 Å². The molecule has 0 aliphatic heterocycles. The minimum atomic E-state index is -0.437. The second-order valence-corrected chi connectivity index (χ2v) is 20.1. The number of hydrogen-bond acceptors (Lipinski definition) is 2. The van der Waals surface area contributed by atoms with Crippen molar-refractivity contribution < 1.29 is 9.15 Å². The molecule has 0 saturated heterocycles. The van der Waals surface area contributed by atoms with Gasteiger partial charge in [-0.1, -0.05) is 149 Å². The monoisotopic (exact) mass is 882 g/mol. The van der Waals surface area contributed by atoms with Crippen molar-refractivity contribution in [2.75, 3.05) is 0 Å². The molecule has 12 rings (SSSR count). The van der Waals surface area contributed by atoms with Gasteiger partial charge in [0.25, 0.3) is 0 Å². The lowest BCUT2D eigenvalue weighted by atomic mass is 9.78. The molecule has 0 fully saturated rings. The fourth-order valence-electron chi connectivity index (χ4n) is 10.9. The van der Waals surface area contributed by atoms with E-state index in [1.807, 2.05) is 0 Å². The predicted octanol–water partition coefficient (Wildman–Crippen LogP) is 18.0. The average Bonchev–Trinajstić information content (AvgIpc) is 4.01. The average molecular weight is 883 g/mol. The number of ether oxygens (including phenoxy) is 1. The lowest BCUT2D eigenvalue weighted by Gasteiger charge is -2.30. The van der Waals surface area contributed by atoms with Crippen molar-refractivity contribution in [3.8, 4) is 50.5 Å². The number of nitrogens with zero attached hydrogens (tertiary/aromatic N) is 2. The number of aromatic nitrogens is 2. The number of benzene rings is 9. The van der Waals surface area contributed by atoms with Gasteiger partial charge in [-0.2, -0.15) is 0 Å². The summed E-state index contributed by atoms with van der Waals surface area (Å²) >= 11 is 0. The van der Waals surface area contributed by atoms with Crippen LogP contribution in [0.15, 0.2) is 199 Å². The number of furan rings is 1. The summed E-state index contributed by atoms with van der Waals surface area (Å²) in [6.45, 7) is 13.4. The third-order valence-electron chi connectivity index (χ3n) is 13.9. The van der Waals surface area contributed by atoms with Crippen LogP contribution in [0.4, 0.5) is 0 Å². The third-order valence-corrected chi connectivity index (χ3v) is 13.9. The van der Waals surface area contributed by atoms with E-state index in [2.05, 4.69) is 245 Å². The van der Waals surface area contributed by atoms with E-state index in [9.17, 15) is 0 Å². The van der Waals surface area contributed by atoms with Gasteiger partial charge in [-0.25, -0.2) is 0 Å². The summed E-state index contributed by atoms with van der Waals surface area (Å²) in [7, 11) is 0. The molecule has 9 aromatic carbocycles. The van der Waals surface area contributed by atoms with E-state index >= 15 is 0 Å². The summed E-state index contributed by atoms with van der Waals surface area (Å²) in [6.07, 6.45) is 2.16. The summed E-state index contributed by atoms with van der Waals surface area (Å²) in [4.78, 5) is 0. The Morgan fingerprint density at radius 1 is 0.426 bits per heavy atom. The van der Waals surface area contributed by atoms with Crippen molar-refractivity contribution in [3.63, 3.8) is 0 Å². The Morgan fingerprint density at radius 3 is 1.47 bits per heavy atom. The maximum atomic E-state index is 7.07. The van der Waals surface area contributed by atoms with Crippen molar-refractivity contribution >= 4 is 65.6 Å². The fraction of sp³-hybridized carbons (Fsp3) is 0.156. The minimum Gasteiger partial charge on any atom is -0.487 e. The van der Waals surface area contributed by atoms with Gasteiger partial charge in [-0.3, -0.25) is 0 Å². The van der Waals surface area contributed by atoms with Crippen LogP contribution in [0.2, 0.25) is 0 Å². The van der Waals surface area contributed by atoms with E-state index < -0.39 is 5.60 Å². The predicted molar refractivity (Wildman–Crippen MR) is 287 cm³/mol. The Kier molecular flexibility index (Phi) is 9.74. The van der Waals surface area contributed by atoms with Crippen LogP contribution < -0.4 is 4.74 Å². The highest BCUT2D eigenvalue weighted by atomic mass is 16.5. The molecule has 0 amide bonds. The van der Waals surface area contributed by atoms with Crippen LogP contribution in [-0.2, 0) is 5.41 Å². The van der Waals surface area contributed by atoms with E-state index in [4.69, 9.17) is 9.15 Å². The van der Waals surface area contributed by atoms with Gasteiger partial charge >= 0.3 is 0 Å². The highest BCUT2D eigenvalue weighted by Gasteiger charge is 2.28. The van der Waals surface area contributed by atoms with Crippen LogP contribution in [0, 0.1) is 0 Å². The van der Waals surface area contributed by atoms with Gasteiger partial charge in [0.1, 0.15) is 22.5 Å². The summed E-state index contributed by atoms with van der Waals surface area (Å²) < 4.78 is 18.8. The molecule has 68 heavy (non-hydrogen) atoms. The lowest BCUT2D eigenvalue weighted by molar-refractivity contribution is 0.132. The molecule has 3 aromatic heterocycles. The topological polar surface area (TPSA) is 32.2 Å². The molecule has 0 saturated carbocycles. The van der Waals surface area contributed by atoms with Gasteiger partial charge in [0, 0.05) is 54.8 Å². The van der Waals surface area contributed by atoms with Gasteiger partial charge < -0.3 is 18.3 Å². The number of para-hydroxylation sites is 4. The molecule has 0 unspecified atom stereocenters. The molecule has 332 valence electrons. The SMILES string of the molecule is CCCC(C)(C)c1cc(-c2ccccc2)c(OC(C)(C)C)c(-c2ccc3oc4cccc(-c5cc(-n6c7ccccc7c7ccccc76)cc(-n6c7ccccc7c7ccccc76)c5)c4c3c2)c1. The number of fused-ring (bicyclic) bond motifs is 9. The van der Waals surface area contributed by atoms with E-state index in [-0.39, 0.29) is 5.41 Å². The zero-order valence-electron chi connectivity index (χ0n) is 39.6. The Morgan fingerprint density at radius 2 is 0.941 bits per heavy atom. The van der Waals surface area contributed by atoms with Crippen LogP contribution in [-0.4, -0.2) is 14.7 Å². The maximum absolute atomic E-state index is 7.07. The largest absolute Gasteiger partial charge is 0.487 e. The van der Waals surface area contributed by atoms with Crippen LogP contribution in [0.3, 0.4) is 0 Å². The van der Waals surface area contributed by atoms with E-state index in [1.54, 1.807) is 0 Å². The smallest absolute Gasteiger partial charge is 0.136 e. The Bertz CT molecular complexity index is 3670. The van der Waals surface area contributed by atoms with Gasteiger partial charge in [0.05, 0.1) is 22.1 Å². The number of hydrogen-bond donors (Lipinski definition) is 0. The normalized spacial score (nSPS) is 12.4. The molecule has 4 nitrogen and oxygen atoms in total. The summed E-state index contributed by atoms with van der Waals surface area (Å²) in [5.41, 5.74) is 16.0. The highest BCUT2D eigenvalue weighted by Crippen LogP contribution is 2.48. The maximum Gasteiger partial charge on any atom is 0.136 e. The number of rotatable bonds is 9. The standard InChI is InChI=1S/C64H54N2O2/c1-7-34-64(5,6)44-38-52(41-20-9-8-10-21-41)62(68-63(2,3)4)53(39-44)42-32-33-59-54(37-42)61-47(26-19-31-60(61)67-59)43-35-45(65-55-27-15-11-22-48(55)49-23-12-16-28-56(49)65)40-46(36-43)66-57-29-17-13-24-50(57)51-25-14-18-30-58(51)66/h8-33,35-40H,7,34H2,1-6H3. The van der Waals surface area contributed by atoms with Gasteiger partial charge in [0.15, 0.2) is 0 Å². The second kappa shape index (κ2) is 15.9. The van der Waals surface area contributed by atoms with Crippen molar-refractivity contribution in [1.29, 1.82) is 0 Å². The molecule has 3 heterocycles. The van der Waals surface area contributed by atoms with E-state index in [0.29, 0.717) is 0 Å². The molecule has 0 radical (unpaired) electrons. The minimum absolute atomic E-state index is 0.0532. The Labute approximate surface area is 397 Å². The van der Waals surface area contributed by atoms with Crippen molar-refractivity contribution in [3.05, 3.63) is 200 Å². The van der Waals surface area contributed by atoms with Crippen LogP contribution in [0.5, 0.6) is 5.75 Å². The first kappa shape index (κ1) is 41.6. The summed E-state index contributed by atoms with van der Waals surface area (Å²) in [6, 6.07) is 70.9. The van der Waals surface area contributed by atoms with Gasteiger partial charge in [-0.05, 0) is 133 Å². The quantitative estimate of drug-likeness (QED) is 0.145. The summed E-state index contributed by atoms with van der Waals surface area (Å²) in [5, 5.41) is 7.07. The van der Waals surface area contributed by atoms with Crippen LogP contribution in [0.1, 0.15) is 59.9 Å². The Balaban J connectivity index is 1.14. The molecule has 0 atom stereocenters. The van der Waals surface area contributed by atoms with Crippen molar-refractivity contribution in [1.82, 2.24) is 9.13 Å². The molecule has 0 N–H and O–H groups in total. The van der Waals surface area contributed by atoms with Crippen molar-refractivity contribution in [2.24, 2.45) is 0 Å². The highest BCUT2D eigenvalue weighted by molar-refractivity contribution is 6.15. The molecular weight excluding hydrogens is 829 g/mol. The molecular formula is C64H54N2O2. The molecule has 12 aromatic rings. The molecule has 0 bridgehead atoms. The zero-order valence-corrected chi connectivity index (χ0v) is 39.6. The molecule has 0 spiro atoms. The zero-order chi connectivity index (χ0) is 46.3. The molecule has 0 aliphatic carbocycles. The second-order valence-electron chi connectivity index (χ2n) is 20.1. The van der Waals surface area contributed by atoms with Crippen LogP contribution >= 0.6 is 0 Å². The summed E-state index contributed by atoms with van der Waals surface area (Å²) in [5.74, 6) is 0.891. The first-order chi connectivity index (χ1) is 33.0. The molecule has 4 heteroatoms. The third kappa shape index (κ3) is 6.89. The van der Waals surface area contributed by atoms with Crippen molar-refractivity contribution in [2.45, 2.75) is 65.4 Å². The first-order valence-corrected chi connectivity index (χ1v) is 24.1. The first-order valence-electron chi connectivity index (χ1n) is 24.1. The van der Waals surface area contributed by atoms with Gasteiger partial charge in [0.2, 0.25) is 0 Å². The Hall–Kier alpha value is -7.82. The lowest BCUT2D eigenvalue weighted by Crippen LogP contribution is -2.24. The fourth-order valence-corrected chi connectivity index (χ4v) is 10.9.